The van der Waals surface area contributed by atoms with E-state index in [-0.39, 0.29) is 12.8 Å². The van der Waals surface area contributed by atoms with Crippen molar-refractivity contribution in [3.05, 3.63) is 73.4 Å². The van der Waals surface area contributed by atoms with Crippen LogP contribution in [0, 0.1) is 0 Å². The molecule has 0 bridgehead atoms. The standard InChI is InChI=1S/C11H18O3Si.C9H23NO4Si.C9H21NO3Si.C9H20O5Si.C8H22N2O3Si.C8H16O5Si.C3H6/c1-12-15(13-2,14-3)10-9-11-7-5-4-6-8-11;1-10(7-8-11)6-5-9-15(12-2,13-3)14-4;1-5-7-10-8-6-9-14(11-2,12-3)13-4;1-10-15(11-2,12-3)6-4-5-13-7-9-8-14-9;1-11-14(12-2,13-3)8-4-6-10-7-5-9;1-7(2)8(9)13-6-14(10-3,11-4)12-5;1-3-2/h4-8H,9-10H2,1-3H3;11H,5-9H2,1-4H3;5,10H,1,6-9H2,2-4H3;9H,4-8H2,1-3H3;10H,4-9H2,1-3H3;1,6H2,2-5H3;3H,1H2,2H3. The Morgan fingerprint density at radius 2 is 0.956 bits per heavy atom. The number of carbonyl (C=O) groups is 1. The number of ether oxygens (including phenoxy) is 3. The molecule has 1 heterocycles. The molecule has 0 radical (unpaired) electrons. The molecule has 1 aliphatic heterocycles. The second-order valence-corrected chi connectivity index (χ2v) is 37.4. The fraction of sp³-hybridized carbons (Fsp3) is 0.772. The fourth-order valence-electron chi connectivity index (χ4n) is 7.34. The number of epoxide rings is 1. The number of hydrogen-bond donors (Lipinski definition) is 4. The number of nitrogens with one attached hydrogen (secondary N) is 2. The van der Waals surface area contributed by atoms with Crippen molar-refractivity contribution in [3.63, 3.8) is 0 Å². The summed E-state index contributed by atoms with van der Waals surface area (Å²) in [7, 11) is 16.1. The summed E-state index contributed by atoms with van der Waals surface area (Å²) in [6.07, 6.45) is 8.61. The molecular weight excluding hydrogens is 1280 g/mol. The van der Waals surface area contributed by atoms with E-state index in [1.54, 1.807) is 120 Å². The number of benzene rings is 1. The van der Waals surface area contributed by atoms with Gasteiger partial charge in [0.25, 0.3) is 0 Å². The number of likely N-dealkylation sites (N-methyl/N-ethyl adjacent to an activating group) is 1. The minimum Gasteiger partial charge on any atom is -0.458 e. The van der Waals surface area contributed by atoms with E-state index in [0.717, 1.165) is 102 Å². The summed E-state index contributed by atoms with van der Waals surface area (Å²) in [6.45, 7) is 22.1. The van der Waals surface area contributed by atoms with E-state index in [1.807, 2.05) is 38.2 Å². The normalized spacial score (nSPS) is 13.0. The minimum atomic E-state index is -2.81. The first-order chi connectivity index (χ1) is 43.1. The van der Waals surface area contributed by atoms with Crippen LogP contribution in [0.25, 0.3) is 0 Å². The highest BCUT2D eigenvalue weighted by molar-refractivity contribution is 6.62. The third-order valence-electron chi connectivity index (χ3n) is 13.2. The number of carbonyl (C=O) groups excluding carboxylic acids is 1. The smallest absolute Gasteiger partial charge is 0.458 e. The summed E-state index contributed by atoms with van der Waals surface area (Å²) in [4.78, 5) is 13.1. The van der Waals surface area contributed by atoms with Gasteiger partial charge in [0.05, 0.1) is 19.8 Å². The number of aliphatic hydroxyl groups is 1. The molecule has 0 spiro atoms. The van der Waals surface area contributed by atoms with E-state index in [1.165, 1.54) is 26.9 Å². The Morgan fingerprint density at radius 3 is 1.30 bits per heavy atom. The van der Waals surface area contributed by atoms with Gasteiger partial charge in [0, 0.05) is 197 Å². The van der Waals surface area contributed by atoms with Crippen molar-refractivity contribution in [2.75, 3.05) is 213 Å². The first-order valence-corrected chi connectivity index (χ1v) is 41.2. The van der Waals surface area contributed by atoms with Gasteiger partial charge in [-0.1, -0.05) is 49.1 Å². The average molecular weight is 1400 g/mol. The van der Waals surface area contributed by atoms with Crippen molar-refractivity contribution in [1.82, 2.24) is 15.5 Å². The van der Waals surface area contributed by atoms with E-state index >= 15 is 0 Å². The zero-order chi connectivity index (χ0) is 69.7. The number of nitrogens with two attached hydrogens (primary N) is 1. The van der Waals surface area contributed by atoms with Crippen molar-refractivity contribution >= 4 is 58.8 Å². The van der Waals surface area contributed by atoms with Gasteiger partial charge < -0.3 is 120 Å². The Kier molecular flexibility index (Phi) is 68.1. The summed E-state index contributed by atoms with van der Waals surface area (Å²) in [5.74, 6) is -0.479. The van der Waals surface area contributed by atoms with E-state index < -0.39 is 58.8 Å². The molecule has 1 unspecified atom stereocenters. The lowest BCUT2D eigenvalue weighted by Crippen LogP contribution is -2.48. The van der Waals surface area contributed by atoms with Gasteiger partial charge >= 0.3 is 58.8 Å². The zero-order valence-corrected chi connectivity index (χ0v) is 65.2. The third kappa shape index (κ3) is 48.0. The SMILES string of the molecule is C=C(C)C(=O)OC[Si](OC)(OC)OC.C=CC.C=CCNCCC[Si](OC)(OC)OC.CO[Si](CCCN(C)CCO)(OC)OC.CO[Si](CCCNCCN)(OC)OC.CO[Si](CCCOCC1CO1)(OC)OC.CO[Si](CCc1ccccc1)(OC)OC. The van der Waals surface area contributed by atoms with Crippen LogP contribution in [-0.2, 0) is 105 Å². The van der Waals surface area contributed by atoms with E-state index in [4.69, 9.17) is 105 Å². The maximum atomic E-state index is 11.1. The Labute approximate surface area is 550 Å². The summed E-state index contributed by atoms with van der Waals surface area (Å²) in [6, 6.07) is 14.3. The molecule has 1 aromatic rings. The lowest BCUT2D eigenvalue weighted by atomic mass is 10.2. The van der Waals surface area contributed by atoms with Crippen LogP contribution < -0.4 is 16.4 Å². The van der Waals surface area contributed by atoms with Crippen LogP contribution in [0.15, 0.2) is 67.8 Å². The molecule has 90 heavy (non-hydrogen) atoms. The summed E-state index contributed by atoms with van der Waals surface area (Å²) in [5.41, 5.74) is 6.96. The van der Waals surface area contributed by atoms with Crippen molar-refractivity contribution in [2.24, 2.45) is 5.73 Å². The summed E-state index contributed by atoms with van der Waals surface area (Å²) < 4.78 is 110. The predicted molar refractivity (Wildman–Crippen MR) is 365 cm³/mol. The van der Waals surface area contributed by atoms with Gasteiger partial charge in [-0.15, -0.1) is 13.2 Å². The number of nitrogens with zero attached hydrogens (tertiary/aromatic N) is 1. The molecule has 5 N–H and O–H groups in total. The first kappa shape index (κ1) is 96.9. The lowest BCUT2D eigenvalue weighted by Gasteiger charge is -2.25. The number of rotatable bonds is 48. The molecule has 0 amide bonds. The molecule has 0 aromatic heterocycles. The fourth-order valence-corrected chi connectivity index (χ4v) is 17.0. The molecule has 27 nitrogen and oxygen atoms in total. The first-order valence-electron chi connectivity index (χ1n) is 29.6. The molecule has 1 aromatic carbocycles. The quantitative estimate of drug-likeness (QED) is 0.0156. The monoisotopic (exact) mass is 1400 g/mol. The highest BCUT2D eigenvalue weighted by Gasteiger charge is 2.42. The van der Waals surface area contributed by atoms with Gasteiger partial charge in [-0.25, -0.2) is 4.79 Å². The van der Waals surface area contributed by atoms with Crippen LogP contribution in [-0.4, -0.2) is 288 Å². The van der Waals surface area contributed by atoms with Gasteiger partial charge in [0.1, 0.15) is 6.10 Å². The highest BCUT2D eigenvalue weighted by Crippen LogP contribution is 2.19. The zero-order valence-electron chi connectivity index (χ0n) is 59.2. The Bertz CT molecular complexity index is 1710. The molecule has 33 heteroatoms. The number of aliphatic hydroxyl groups excluding tert-OH is 1. The molecular formula is C57H126N4O23Si6. The van der Waals surface area contributed by atoms with Crippen LogP contribution in [0.2, 0.25) is 30.2 Å². The Balaban J connectivity index is -0.000000318. The number of aryl methyl sites for hydroxylation is 1. The molecule has 0 aliphatic carbocycles. The average Bonchev–Trinajstić information content (AvgIpc) is 4.29. The van der Waals surface area contributed by atoms with Gasteiger partial charge in [0.2, 0.25) is 0 Å². The van der Waals surface area contributed by atoms with Gasteiger partial charge in [0.15, 0.2) is 6.23 Å². The van der Waals surface area contributed by atoms with Crippen LogP contribution >= 0.6 is 0 Å². The van der Waals surface area contributed by atoms with Crippen LogP contribution in [0.1, 0.15) is 45.1 Å². The molecule has 0 saturated carbocycles. The van der Waals surface area contributed by atoms with E-state index in [2.05, 4.69) is 47.4 Å². The molecule has 1 aliphatic rings. The van der Waals surface area contributed by atoms with Gasteiger partial charge in [-0.3, -0.25) is 0 Å². The largest absolute Gasteiger partial charge is 0.539 e. The van der Waals surface area contributed by atoms with E-state index in [0.29, 0.717) is 38.0 Å². The second-order valence-electron chi connectivity index (χ2n) is 19.0. The lowest BCUT2D eigenvalue weighted by molar-refractivity contribution is -0.138. The molecule has 2 rings (SSSR count). The van der Waals surface area contributed by atoms with Crippen molar-refractivity contribution in [2.45, 2.75) is 82.3 Å². The Hall–Kier alpha value is -1.79. The Morgan fingerprint density at radius 1 is 0.589 bits per heavy atom. The molecule has 1 saturated heterocycles. The van der Waals surface area contributed by atoms with Crippen LogP contribution in [0.4, 0.5) is 0 Å². The van der Waals surface area contributed by atoms with Crippen LogP contribution in [0.3, 0.4) is 0 Å². The maximum Gasteiger partial charge on any atom is 0.539 e. The number of allylic oxidation sites excluding steroid dienone is 1. The van der Waals surface area contributed by atoms with Crippen LogP contribution in [0.5, 0.6) is 0 Å². The molecule has 536 valence electrons. The van der Waals surface area contributed by atoms with Crippen molar-refractivity contribution < 1.29 is 104 Å². The van der Waals surface area contributed by atoms with Crippen molar-refractivity contribution in [3.8, 4) is 0 Å². The van der Waals surface area contributed by atoms with Gasteiger partial charge in [-0.2, -0.15) is 0 Å². The van der Waals surface area contributed by atoms with E-state index in [9.17, 15) is 4.79 Å². The predicted octanol–water partition coefficient (Wildman–Crippen LogP) is 5.50. The molecule has 1 atom stereocenters. The number of hydrogen-bond acceptors (Lipinski definition) is 27. The summed E-state index contributed by atoms with van der Waals surface area (Å²) in [5, 5.41) is 15.2. The third-order valence-corrected chi connectivity index (χ3v) is 29.6. The summed E-state index contributed by atoms with van der Waals surface area (Å²) >= 11 is 0. The minimum absolute atomic E-state index is 0.0117. The van der Waals surface area contributed by atoms with Gasteiger partial charge in [-0.05, 0) is 78.2 Å². The number of esters is 1. The molecule has 1 fully saturated rings. The van der Waals surface area contributed by atoms with Crippen molar-refractivity contribution in [1.29, 1.82) is 0 Å². The maximum absolute atomic E-state index is 11.1. The highest BCUT2D eigenvalue weighted by atomic mass is 28.4. The topological polar surface area (TPSA) is 288 Å². The second kappa shape index (κ2) is 63.3.